The number of rotatable bonds is 5. The molecule has 0 bridgehead atoms. The van der Waals surface area contributed by atoms with Crippen LogP contribution < -0.4 is 0 Å². The number of hydrogen-bond acceptors (Lipinski definition) is 4. The van der Waals surface area contributed by atoms with Crippen molar-refractivity contribution in [3.8, 4) is 0 Å². The van der Waals surface area contributed by atoms with Gasteiger partial charge < -0.3 is 0 Å². The van der Waals surface area contributed by atoms with E-state index in [4.69, 9.17) is 11.6 Å². The lowest BCUT2D eigenvalue weighted by molar-refractivity contribution is 0.411. The van der Waals surface area contributed by atoms with Gasteiger partial charge in [0.2, 0.25) is 10.0 Å². The topological polar surface area (TPSA) is 63.2 Å². The fourth-order valence-electron chi connectivity index (χ4n) is 2.62. The van der Waals surface area contributed by atoms with Gasteiger partial charge >= 0.3 is 0 Å². The van der Waals surface area contributed by atoms with E-state index in [1.807, 2.05) is 36.4 Å². The number of aromatic nitrogens is 2. The monoisotopic (exact) mass is 451 g/mol. The Balaban J connectivity index is 2.14. The quantitative estimate of drug-likeness (QED) is 0.541. The molecule has 0 fully saturated rings. The summed E-state index contributed by atoms with van der Waals surface area (Å²) in [5.74, 6) is 0. The summed E-state index contributed by atoms with van der Waals surface area (Å²) in [5.41, 5.74) is 1.42. The summed E-state index contributed by atoms with van der Waals surface area (Å²) >= 11 is 9.32. The van der Waals surface area contributed by atoms with Crippen molar-refractivity contribution < 1.29 is 8.42 Å². The molecule has 0 saturated heterocycles. The van der Waals surface area contributed by atoms with Crippen molar-refractivity contribution >= 4 is 37.6 Å². The highest BCUT2D eigenvalue weighted by molar-refractivity contribution is 9.10. The molecule has 0 radical (unpaired) electrons. The van der Waals surface area contributed by atoms with Gasteiger partial charge in [-0.1, -0.05) is 48.0 Å². The summed E-state index contributed by atoms with van der Waals surface area (Å²) in [6, 6.07) is 15.6. The molecule has 0 saturated carbocycles. The molecule has 0 aliphatic carbocycles. The minimum atomic E-state index is -3.92. The predicted molar refractivity (Wildman–Crippen MR) is 104 cm³/mol. The lowest BCUT2D eigenvalue weighted by Gasteiger charge is -2.27. The maximum atomic E-state index is 13.2. The van der Waals surface area contributed by atoms with Crippen molar-refractivity contribution in [2.75, 3.05) is 7.05 Å². The molecular weight excluding hydrogens is 438 g/mol. The second kappa shape index (κ2) is 7.84. The third-order valence-electron chi connectivity index (χ3n) is 3.88. The van der Waals surface area contributed by atoms with Crippen LogP contribution in [-0.4, -0.2) is 29.7 Å². The molecule has 26 heavy (non-hydrogen) atoms. The lowest BCUT2D eigenvalue weighted by atomic mass is 10.0. The zero-order valence-electron chi connectivity index (χ0n) is 13.8. The van der Waals surface area contributed by atoms with Crippen LogP contribution in [0.5, 0.6) is 0 Å². The van der Waals surface area contributed by atoms with E-state index in [2.05, 4.69) is 25.9 Å². The molecule has 0 N–H and O–H groups in total. The maximum absolute atomic E-state index is 13.2. The van der Waals surface area contributed by atoms with Crippen LogP contribution in [-0.2, 0) is 10.0 Å². The van der Waals surface area contributed by atoms with Gasteiger partial charge in [-0.2, -0.15) is 4.31 Å². The second-order valence-corrected chi connectivity index (χ2v) is 8.77. The van der Waals surface area contributed by atoms with Crippen LogP contribution in [0, 0.1) is 0 Å². The lowest BCUT2D eigenvalue weighted by Crippen LogP contribution is -2.32. The molecule has 2 heterocycles. The van der Waals surface area contributed by atoms with E-state index in [-0.39, 0.29) is 10.0 Å². The van der Waals surface area contributed by atoms with Gasteiger partial charge in [-0.15, -0.1) is 0 Å². The Bertz CT molecular complexity index is 962. The van der Waals surface area contributed by atoms with Gasteiger partial charge in [0.05, 0.1) is 11.7 Å². The van der Waals surface area contributed by atoms with Crippen LogP contribution >= 0.6 is 27.5 Å². The smallest absolute Gasteiger partial charge is 0.246 e. The highest BCUT2D eigenvalue weighted by Crippen LogP contribution is 2.33. The van der Waals surface area contributed by atoms with Crippen molar-refractivity contribution in [1.82, 2.24) is 14.3 Å². The molecule has 0 spiro atoms. The summed E-state index contributed by atoms with van der Waals surface area (Å²) in [7, 11) is -2.41. The van der Waals surface area contributed by atoms with Gasteiger partial charge in [-0.05, 0) is 39.7 Å². The molecule has 0 aliphatic heterocycles. The molecule has 0 amide bonds. The third-order valence-corrected chi connectivity index (χ3v) is 6.56. The normalized spacial score (nSPS) is 12.9. The Labute approximate surface area is 165 Å². The van der Waals surface area contributed by atoms with Crippen LogP contribution in [0.15, 0.2) is 76.4 Å². The molecule has 3 aromatic rings. The SMILES string of the molecule is CN(C(c1ccccc1)c1ccccn1)S(=O)(=O)c1cc(Br)cnc1Cl. The van der Waals surface area contributed by atoms with Crippen molar-refractivity contribution in [1.29, 1.82) is 0 Å². The van der Waals surface area contributed by atoms with Crippen molar-refractivity contribution in [3.05, 3.63) is 87.9 Å². The molecule has 1 aromatic carbocycles. The van der Waals surface area contributed by atoms with Crippen LogP contribution in [0.25, 0.3) is 0 Å². The van der Waals surface area contributed by atoms with Gasteiger partial charge in [0.1, 0.15) is 10.0 Å². The maximum Gasteiger partial charge on any atom is 0.246 e. The minimum Gasteiger partial charge on any atom is -0.259 e. The Morgan fingerprint density at radius 1 is 1.08 bits per heavy atom. The predicted octanol–water partition coefficient (Wildman–Crippen LogP) is 4.30. The Morgan fingerprint density at radius 2 is 1.77 bits per heavy atom. The van der Waals surface area contributed by atoms with Gasteiger partial charge in [-0.3, -0.25) is 4.98 Å². The standard InChI is InChI=1S/C18H15BrClN3O2S/c1-23(26(24,25)16-11-14(19)12-22-18(16)20)17(13-7-3-2-4-8-13)15-9-5-6-10-21-15/h2-12,17H,1H3. The number of halogens is 2. The van der Waals surface area contributed by atoms with Crippen molar-refractivity contribution in [3.63, 3.8) is 0 Å². The average molecular weight is 453 g/mol. The minimum absolute atomic E-state index is 0.0621. The number of hydrogen-bond donors (Lipinski definition) is 0. The summed E-state index contributed by atoms with van der Waals surface area (Å²) in [4.78, 5) is 8.23. The number of sulfonamides is 1. The fourth-order valence-corrected chi connectivity index (χ4v) is 4.86. The van der Waals surface area contributed by atoms with E-state index in [9.17, 15) is 8.42 Å². The van der Waals surface area contributed by atoms with Crippen LogP contribution in [0.4, 0.5) is 0 Å². The van der Waals surface area contributed by atoms with E-state index in [1.165, 1.54) is 23.6 Å². The molecular formula is C18H15BrClN3O2S. The van der Waals surface area contributed by atoms with Gasteiger partial charge in [0.15, 0.2) is 0 Å². The van der Waals surface area contributed by atoms with E-state index in [0.29, 0.717) is 10.2 Å². The van der Waals surface area contributed by atoms with E-state index in [0.717, 1.165) is 5.56 Å². The largest absolute Gasteiger partial charge is 0.259 e. The second-order valence-electron chi connectivity index (χ2n) is 5.53. The number of nitrogens with zero attached hydrogens (tertiary/aromatic N) is 3. The third kappa shape index (κ3) is 3.81. The van der Waals surface area contributed by atoms with E-state index < -0.39 is 16.1 Å². The number of benzene rings is 1. The van der Waals surface area contributed by atoms with Crippen LogP contribution in [0.1, 0.15) is 17.3 Å². The molecule has 1 atom stereocenters. The van der Waals surface area contributed by atoms with Gasteiger partial charge in [0.25, 0.3) is 0 Å². The fraction of sp³-hybridized carbons (Fsp3) is 0.111. The average Bonchev–Trinajstić information content (AvgIpc) is 2.65. The summed E-state index contributed by atoms with van der Waals surface area (Å²) in [6.45, 7) is 0. The molecule has 3 rings (SSSR count). The molecule has 134 valence electrons. The highest BCUT2D eigenvalue weighted by atomic mass is 79.9. The first-order valence-electron chi connectivity index (χ1n) is 7.66. The Kier molecular flexibility index (Phi) is 5.72. The molecule has 0 aliphatic rings. The summed E-state index contributed by atoms with van der Waals surface area (Å²) < 4.78 is 28.3. The van der Waals surface area contributed by atoms with Gasteiger partial charge in [-0.25, -0.2) is 13.4 Å². The molecule has 2 aromatic heterocycles. The Hall–Kier alpha value is -1.80. The van der Waals surface area contributed by atoms with E-state index >= 15 is 0 Å². The first-order chi connectivity index (χ1) is 12.4. The first-order valence-corrected chi connectivity index (χ1v) is 10.3. The molecule has 1 unspecified atom stereocenters. The van der Waals surface area contributed by atoms with Crippen LogP contribution in [0.3, 0.4) is 0 Å². The molecule has 5 nitrogen and oxygen atoms in total. The van der Waals surface area contributed by atoms with Crippen molar-refractivity contribution in [2.45, 2.75) is 10.9 Å². The number of pyridine rings is 2. The first kappa shape index (κ1) is 19.0. The zero-order chi connectivity index (χ0) is 18.7. The summed E-state index contributed by atoms with van der Waals surface area (Å²) in [5, 5.41) is -0.0760. The highest BCUT2D eigenvalue weighted by Gasteiger charge is 2.33. The van der Waals surface area contributed by atoms with E-state index in [1.54, 1.807) is 18.3 Å². The zero-order valence-corrected chi connectivity index (χ0v) is 16.9. The van der Waals surface area contributed by atoms with Crippen molar-refractivity contribution in [2.24, 2.45) is 0 Å². The molecule has 8 heteroatoms. The van der Waals surface area contributed by atoms with Gasteiger partial charge in [0, 0.05) is 23.9 Å². The van der Waals surface area contributed by atoms with Crippen LogP contribution in [0.2, 0.25) is 5.15 Å². The Morgan fingerprint density at radius 3 is 2.42 bits per heavy atom. The summed E-state index contributed by atoms with van der Waals surface area (Å²) in [6.07, 6.45) is 3.09.